The van der Waals surface area contributed by atoms with Crippen LogP contribution in [0.3, 0.4) is 0 Å². The molecule has 1 fully saturated rings. The molecule has 0 bridgehead atoms. The fourth-order valence-electron chi connectivity index (χ4n) is 1.97. The van der Waals surface area contributed by atoms with Crippen molar-refractivity contribution in [3.8, 4) is 0 Å². The van der Waals surface area contributed by atoms with Gasteiger partial charge in [-0.3, -0.25) is 8.74 Å². The van der Waals surface area contributed by atoms with Gasteiger partial charge in [0, 0.05) is 0 Å². The molecule has 2 N–H and O–H groups in total. The van der Waals surface area contributed by atoms with Gasteiger partial charge in [0.05, 0.1) is 6.10 Å². The molecule has 88 valence electrons. The van der Waals surface area contributed by atoms with E-state index in [1.165, 1.54) is 0 Å². The van der Waals surface area contributed by atoms with E-state index >= 15 is 0 Å². The summed E-state index contributed by atoms with van der Waals surface area (Å²) >= 11 is -2.33. The fourth-order valence-corrected chi connectivity index (χ4v) is 2.49. The van der Waals surface area contributed by atoms with E-state index in [1.807, 2.05) is 6.92 Å². The highest BCUT2D eigenvalue weighted by Gasteiger charge is 2.41. The molecule has 5 heteroatoms. The highest BCUT2D eigenvalue weighted by molar-refractivity contribution is 7.74. The van der Waals surface area contributed by atoms with E-state index in [0.717, 1.165) is 12.0 Å². The summed E-state index contributed by atoms with van der Waals surface area (Å²) in [5.41, 5.74) is 0.132. The maximum atomic E-state index is 10.6. The van der Waals surface area contributed by atoms with E-state index in [4.69, 9.17) is 8.74 Å². The molecule has 4 unspecified atom stereocenters. The quantitative estimate of drug-likeness (QED) is 0.575. The van der Waals surface area contributed by atoms with Crippen LogP contribution >= 0.6 is 0 Å². The Morgan fingerprint density at radius 1 is 1.67 bits per heavy atom. The molecule has 4 nitrogen and oxygen atoms in total. The van der Waals surface area contributed by atoms with E-state index in [9.17, 15) is 9.32 Å². The van der Waals surface area contributed by atoms with Gasteiger partial charge < -0.3 is 5.11 Å². The molecule has 1 saturated carbocycles. The zero-order chi connectivity index (χ0) is 11.6. The molecular formula is C10H18O4S. The van der Waals surface area contributed by atoms with E-state index < -0.39 is 23.1 Å². The Hall–Kier alpha value is -0.230. The van der Waals surface area contributed by atoms with Crippen LogP contribution in [-0.4, -0.2) is 25.6 Å². The molecule has 0 aromatic heterocycles. The molecule has 4 atom stereocenters. The second kappa shape index (κ2) is 4.74. The third-order valence-electron chi connectivity index (χ3n) is 3.16. The van der Waals surface area contributed by atoms with Crippen LogP contribution in [0.15, 0.2) is 12.2 Å². The number of allylic oxidation sites excluding steroid dienone is 1. The Balaban J connectivity index is 2.66. The number of aliphatic hydroxyl groups excluding tert-OH is 1. The SMILES string of the molecule is C=C(C)C1CCC(C)(OS(=O)O)C(O)C1. The molecule has 0 saturated heterocycles. The Bertz CT molecular complexity index is 279. The largest absolute Gasteiger partial charge is 0.390 e. The minimum Gasteiger partial charge on any atom is -0.390 e. The van der Waals surface area contributed by atoms with Crippen molar-refractivity contribution < 1.29 is 18.1 Å². The zero-order valence-corrected chi connectivity index (χ0v) is 9.92. The normalized spacial score (nSPS) is 38.7. The summed E-state index contributed by atoms with van der Waals surface area (Å²) in [5.74, 6) is 0.281. The molecule has 0 aromatic rings. The lowest BCUT2D eigenvalue weighted by Crippen LogP contribution is -2.47. The molecule has 0 aliphatic heterocycles. The van der Waals surface area contributed by atoms with Gasteiger partial charge in [0.1, 0.15) is 5.60 Å². The van der Waals surface area contributed by atoms with E-state index in [-0.39, 0.29) is 5.92 Å². The van der Waals surface area contributed by atoms with Crippen molar-refractivity contribution in [2.75, 3.05) is 0 Å². The first kappa shape index (κ1) is 12.8. The number of aliphatic hydroxyl groups is 1. The number of hydrogen-bond donors (Lipinski definition) is 2. The van der Waals surface area contributed by atoms with Crippen LogP contribution in [0.5, 0.6) is 0 Å². The molecule has 0 heterocycles. The third kappa shape index (κ3) is 3.11. The molecule has 1 aliphatic rings. The monoisotopic (exact) mass is 234 g/mol. The number of rotatable bonds is 3. The fraction of sp³-hybridized carbons (Fsp3) is 0.800. The van der Waals surface area contributed by atoms with Gasteiger partial charge in [0.25, 0.3) is 0 Å². The van der Waals surface area contributed by atoms with Crippen molar-refractivity contribution >= 4 is 11.4 Å². The van der Waals surface area contributed by atoms with Gasteiger partial charge in [-0.1, -0.05) is 12.2 Å². The Kier molecular flexibility index (Phi) is 4.06. The molecule has 1 rings (SSSR count). The zero-order valence-electron chi connectivity index (χ0n) is 9.10. The lowest BCUT2D eigenvalue weighted by molar-refractivity contribution is -0.0745. The minimum atomic E-state index is -2.33. The summed E-state index contributed by atoms with van der Waals surface area (Å²) in [5, 5.41) is 9.88. The summed E-state index contributed by atoms with van der Waals surface area (Å²) in [4.78, 5) is 0. The van der Waals surface area contributed by atoms with Crippen LogP contribution in [0.4, 0.5) is 0 Å². The van der Waals surface area contributed by atoms with Gasteiger partial charge in [-0.05, 0) is 39.0 Å². The van der Waals surface area contributed by atoms with Gasteiger partial charge in [0.15, 0.2) is 0 Å². The Morgan fingerprint density at radius 2 is 2.27 bits per heavy atom. The maximum Gasteiger partial charge on any atom is 0.302 e. The molecule has 0 spiro atoms. The summed E-state index contributed by atoms with van der Waals surface area (Å²) in [6, 6.07) is 0. The van der Waals surface area contributed by atoms with Gasteiger partial charge in [0.2, 0.25) is 0 Å². The summed E-state index contributed by atoms with van der Waals surface area (Å²) < 4.78 is 24.1. The lowest BCUT2D eigenvalue weighted by Gasteiger charge is -2.40. The molecule has 15 heavy (non-hydrogen) atoms. The smallest absolute Gasteiger partial charge is 0.302 e. The summed E-state index contributed by atoms with van der Waals surface area (Å²) in [6.45, 7) is 7.46. The second-order valence-corrected chi connectivity index (χ2v) is 5.05. The first-order valence-electron chi connectivity index (χ1n) is 4.99. The van der Waals surface area contributed by atoms with Crippen LogP contribution in [0.25, 0.3) is 0 Å². The van der Waals surface area contributed by atoms with Crippen LogP contribution < -0.4 is 0 Å². The predicted octanol–water partition coefficient (Wildman–Crippen LogP) is 1.64. The van der Waals surface area contributed by atoms with E-state index in [0.29, 0.717) is 12.8 Å². The summed E-state index contributed by atoms with van der Waals surface area (Å²) in [7, 11) is 0. The predicted molar refractivity (Wildman–Crippen MR) is 58.4 cm³/mol. The second-order valence-electron chi connectivity index (χ2n) is 4.45. The highest BCUT2D eigenvalue weighted by atomic mass is 32.2. The Labute approximate surface area is 92.8 Å². The van der Waals surface area contributed by atoms with E-state index in [2.05, 4.69) is 6.58 Å². The molecule has 1 aliphatic carbocycles. The third-order valence-corrected chi connectivity index (χ3v) is 3.68. The standard InChI is InChI=1S/C10H18O4S/c1-7(2)8-4-5-10(3,9(11)6-8)14-15(12)13/h8-9,11H,1,4-6H2,2-3H3,(H,12,13). The first-order chi connectivity index (χ1) is 6.85. The molecule has 0 aromatic carbocycles. The molecular weight excluding hydrogens is 216 g/mol. The van der Waals surface area contributed by atoms with Crippen molar-refractivity contribution in [3.05, 3.63) is 12.2 Å². The van der Waals surface area contributed by atoms with Gasteiger partial charge in [-0.2, -0.15) is 4.21 Å². The van der Waals surface area contributed by atoms with Gasteiger partial charge >= 0.3 is 11.4 Å². The van der Waals surface area contributed by atoms with E-state index in [1.54, 1.807) is 6.92 Å². The maximum absolute atomic E-state index is 10.6. The highest BCUT2D eigenvalue weighted by Crippen LogP contribution is 2.37. The molecule has 0 amide bonds. The lowest BCUT2D eigenvalue weighted by atomic mass is 9.75. The van der Waals surface area contributed by atoms with Crippen LogP contribution in [0.1, 0.15) is 33.1 Å². The van der Waals surface area contributed by atoms with Crippen molar-refractivity contribution in [2.24, 2.45) is 5.92 Å². The van der Waals surface area contributed by atoms with Crippen LogP contribution in [0, 0.1) is 5.92 Å². The topological polar surface area (TPSA) is 66.8 Å². The van der Waals surface area contributed by atoms with Gasteiger partial charge in [-0.25, -0.2) is 0 Å². The summed E-state index contributed by atoms with van der Waals surface area (Å²) in [6.07, 6.45) is 1.23. The average molecular weight is 234 g/mol. The van der Waals surface area contributed by atoms with Crippen molar-refractivity contribution in [3.63, 3.8) is 0 Å². The number of hydrogen-bond acceptors (Lipinski definition) is 3. The average Bonchev–Trinajstić information content (AvgIpc) is 2.08. The first-order valence-corrected chi connectivity index (χ1v) is 6.02. The van der Waals surface area contributed by atoms with Crippen LogP contribution in [-0.2, 0) is 15.5 Å². The van der Waals surface area contributed by atoms with Crippen molar-refractivity contribution in [1.82, 2.24) is 0 Å². The van der Waals surface area contributed by atoms with Crippen molar-refractivity contribution in [1.29, 1.82) is 0 Å². The molecule has 0 radical (unpaired) electrons. The Morgan fingerprint density at radius 3 is 2.67 bits per heavy atom. The van der Waals surface area contributed by atoms with Crippen LogP contribution in [0.2, 0.25) is 0 Å². The van der Waals surface area contributed by atoms with Gasteiger partial charge in [-0.15, -0.1) is 0 Å². The minimum absolute atomic E-state index is 0.281. The van der Waals surface area contributed by atoms with Crippen molar-refractivity contribution in [2.45, 2.75) is 44.8 Å².